The molecule has 1 aliphatic rings. The standard InChI is InChI=1S/C29H31N5O2/c1-3-27-30-28(34(35)36)29(33(27)21-23-9-5-4-6-10-23)32-18-16-31(17-19-32)26-14-12-24(13-15-26)25-11-7-8-22(2)20-25/h4-15,20H,3,16-19,21H2,1-2H3. The maximum Gasteiger partial charge on any atom is 0.406 e. The molecule has 0 N–H and O–H groups in total. The molecule has 1 aliphatic heterocycles. The van der Waals surface area contributed by atoms with Crippen molar-refractivity contribution < 1.29 is 4.92 Å². The molecule has 36 heavy (non-hydrogen) atoms. The van der Waals surface area contributed by atoms with Gasteiger partial charge in [0.2, 0.25) is 11.6 Å². The lowest BCUT2D eigenvalue weighted by Crippen LogP contribution is -2.47. The van der Waals surface area contributed by atoms with Crippen LogP contribution in [0.2, 0.25) is 0 Å². The number of benzene rings is 3. The van der Waals surface area contributed by atoms with Crippen LogP contribution in [0.1, 0.15) is 23.9 Å². The van der Waals surface area contributed by atoms with Gasteiger partial charge in [-0.15, -0.1) is 0 Å². The van der Waals surface area contributed by atoms with Crippen LogP contribution in [0.25, 0.3) is 11.1 Å². The molecule has 1 aromatic heterocycles. The average molecular weight is 482 g/mol. The third kappa shape index (κ3) is 4.82. The summed E-state index contributed by atoms with van der Waals surface area (Å²) in [6.45, 7) is 7.65. The molecule has 0 radical (unpaired) electrons. The van der Waals surface area contributed by atoms with Crippen LogP contribution in [0.3, 0.4) is 0 Å². The fourth-order valence-electron chi connectivity index (χ4n) is 4.98. The first kappa shape index (κ1) is 23.6. The molecule has 0 bridgehead atoms. The van der Waals surface area contributed by atoms with Gasteiger partial charge in [-0.1, -0.05) is 79.2 Å². The van der Waals surface area contributed by atoms with E-state index >= 15 is 0 Å². The van der Waals surface area contributed by atoms with Gasteiger partial charge in [-0.05, 0) is 45.7 Å². The second-order valence-electron chi connectivity index (χ2n) is 9.25. The van der Waals surface area contributed by atoms with Crippen molar-refractivity contribution in [2.45, 2.75) is 26.8 Å². The van der Waals surface area contributed by atoms with Gasteiger partial charge in [0.05, 0.1) is 6.54 Å². The van der Waals surface area contributed by atoms with Crippen molar-refractivity contribution in [1.82, 2.24) is 9.55 Å². The lowest BCUT2D eigenvalue weighted by atomic mass is 10.0. The molecule has 5 rings (SSSR count). The molecular formula is C29H31N5O2. The number of anilines is 2. The summed E-state index contributed by atoms with van der Waals surface area (Å²) in [6, 6.07) is 27.3. The molecule has 1 saturated heterocycles. The van der Waals surface area contributed by atoms with Gasteiger partial charge in [-0.3, -0.25) is 4.57 Å². The summed E-state index contributed by atoms with van der Waals surface area (Å²) in [5.41, 5.74) is 5.95. The van der Waals surface area contributed by atoms with Crippen molar-refractivity contribution in [3.63, 3.8) is 0 Å². The van der Waals surface area contributed by atoms with Crippen LogP contribution in [0.4, 0.5) is 17.3 Å². The Kier molecular flexibility index (Phi) is 6.71. The number of imidazole rings is 1. The van der Waals surface area contributed by atoms with Gasteiger partial charge in [0.1, 0.15) is 0 Å². The Bertz CT molecular complexity index is 1340. The SMILES string of the molecule is CCc1nc([N+](=O)[O-])c(N2CCN(c3ccc(-c4cccc(C)c4)cc3)CC2)n1Cc1ccccc1. The van der Waals surface area contributed by atoms with Crippen LogP contribution in [0.15, 0.2) is 78.9 Å². The van der Waals surface area contributed by atoms with Crippen LogP contribution in [-0.4, -0.2) is 40.7 Å². The molecule has 184 valence electrons. The topological polar surface area (TPSA) is 67.4 Å². The summed E-state index contributed by atoms with van der Waals surface area (Å²) < 4.78 is 2.03. The normalized spacial score (nSPS) is 13.7. The van der Waals surface area contributed by atoms with Gasteiger partial charge in [-0.25, -0.2) is 0 Å². The van der Waals surface area contributed by atoms with E-state index in [1.54, 1.807) is 0 Å². The zero-order valence-corrected chi connectivity index (χ0v) is 20.8. The number of hydrogen-bond donors (Lipinski definition) is 0. The summed E-state index contributed by atoms with van der Waals surface area (Å²) >= 11 is 0. The van der Waals surface area contributed by atoms with E-state index in [2.05, 4.69) is 70.2 Å². The smallest absolute Gasteiger partial charge is 0.368 e. The summed E-state index contributed by atoms with van der Waals surface area (Å²) in [5.74, 6) is 1.32. The molecule has 0 amide bonds. The minimum absolute atomic E-state index is 0.0428. The Labute approximate surface area is 211 Å². The predicted octanol–water partition coefficient (Wildman–Crippen LogP) is 5.70. The van der Waals surface area contributed by atoms with Gasteiger partial charge in [0.15, 0.2) is 0 Å². The molecule has 1 fully saturated rings. The molecule has 0 spiro atoms. The lowest BCUT2D eigenvalue weighted by Gasteiger charge is -2.37. The Balaban J connectivity index is 1.35. The fraction of sp³-hybridized carbons (Fsp3) is 0.276. The van der Waals surface area contributed by atoms with E-state index in [1.807, 2.05) is 41.8 Å². The Hall–Kier alpha value is -4.13. The van der Waals surface area contributed by atoms with Crippen molar-refractivity contribution in [3.8, 4) is 11.1 Å². The van der Waals surface area contributed by atoms with E-state index in [-0.39, 0.29) is 10.7 Å². The third-order valence-electron chi connectivity index (χ3n) is 6.84. The second-order valence-corrected chi connectivity index (χ2v) is 9.25. The van der Waals surface area contributed by atoms with Crippen molar-refractivity contribution in [1.29, 1.82) is 0 Å². The number of hydrogen-bond acceptors (Lipinski definition) is 5. The molecule has 3 aromatic carbocycles. The molecule has 0 saturated carbocycles. The number of nitrogens with zero attached hydrogens (tertiary/aromatic N) is 5. The highest BCUT2D eigenvalue weighted by Crippen LogP contribution is 2.32. The highest BCUT2D eigenvalue weighted by molar-refractivity contribution is 5.67. The fourth-order valence-corrected chi connectivity index (χ4v) is 4.98. The first-order chi connectivity index (χ1) is 17.5. The van der Waals surface area contributed by atoms with Crippen LogP contribution in [-0.2, 0) is 13.0 Å². The molecular weight excluding hydrogens is 450 g/mol. The first-order valence-electron chi connectivity index (χ1n) is 12.5. The van der Waals surface area contributed by atoms with E-state index in [0.29, 0.717) is 31.9 Å². The predicted molar refractivity (Wildman–Crippen MR) is 145 cm³/mol. The zero-order chi connectivity index (χ0) is 25.1. The zero-order valence-electron chi connectivity index (χ0n) is 20.8. The molecule has 0 unspecified atom stereocenters. The lowest BCUT2D eigenvalue weighted by molar-refractivity contribution is -0.388. The van der Waals surface area contributed by atoms with Crippen molar-refractivity contribution in [2.24, 2.45) is 0 Å². The number of rotatable bonds is 7. The highest BCUT2D eigenvalue weighted by atomic mass is 16.6. The molecule has 0 aliphatic carbocycles. The minimum atomic E-state index is -0.341. The third-order valence-corrected chi connectivity index (χ3v) is 6.84. The quantitative estimate of drug-likeness (QED) is 0.250. The van der Waals surface area contributed by atoms with Crippen molar-refractivity contribution in [2.75, 3.05) is 36.0 Å². The number of aryl methyl sites for hydroxylation is 2. The van der Waals surface area contributed by atoms with E-state index in [1.165, 1.54) is 22.4 Å². The first-order valence-corrected chi connectivity index (χ1v) is 12.5. The number of aromatic nitrogens is 2. The van der Waals surface area contributed by atoms with Crippen molar-refractivity contribution >= 4 is 17.3 Å². The maximum atomic E-state index is 11.9. The highest BCUT2D eigenvalue weighted by Gasteiger charge is 2.32. The summed E-state index contributed by atoms with van der Waals surface area (Å²) in [5, 5.41) is 11.9. The number of nitro groups is 1. The van der Waals surface area contributed by atoms with E-state index < -0.39 is 0 Å². The Morgan fingerprint density at radius 3 is 2.19 bits per heavy atom. The summed E-state index contributed by atoms with van der Waals surface area (Å²) in [6.07, 6.45) is 0.640. The van der Waals surface area contributed by atoms with Gasteiger partial charge < -0.3 is 19.9 Å². The number of piperazine rings is 1. The van der Waals surface area contributed by atoms with E-state index in [4.69, 9.17) is 0 Å². The van der Waals surface area contributed by atoms with Gasteiger partial charge >= 0.3 is 5.82 Å². The van der Waals surface area contributed by atoms with Crippen LogP contribution in [0.5, 0.6) is 0 Å². The average Bonchev–Trinajstić information content (AvgIpc) is 3.28. The van der Waals surface area contributed by atoms with E-state index in [0.717, 1.165) is 24.5 Å². The van der Waals surface area contributed by atoms with Crippen molar-refractivity contribution in [3.05, 3.63) is 106 Å². The molecule has 7 nitrogen and oxygen atoms in total. The Morgan fingerprint density at radius 1 is 0.861 bits per heavy atom. The Morgan fingerprint density at radius 2 is 1.56 bits per heavy atom. The van der Waals surface area contributed by atoms with Gasteiger partial charge in [0, 0.05) is 38.3 Å². The van der Waals surface area contributed by atoms with Crippen LogP contribution >= 0.6 is 0 Å². The van der Waals surface area contributed by atoms with Gasteiger partial charge in [0.25, 0.3) is 0 Å². The molecule has 4 aromatic rings. The molecule has 0 atom stereocenters. The monoisotopic (exact) mass is 481 g/mol. The van der Waals surface area contributed by atoms with Crippen LogP contribution in [0, 0.1) is 17.0 Å². The summed E-state index contributed by atoms with van der Waals surface area (Å²) in [7, 11) is 0. The minimum Gasteiger partial charge on any atom is -0.368 e. The van der Waals surface area contributed by atoms with Crippen LogP contribution < -0.4 is 9.80 Å². The molecule has 2 heterocycles. The largest absolute Gasteiger partial charge is 0.406 e. The van der Waals surface area contributed by atoms with Gasteiger partial charge in [-0.2, -0.15) is 0 Å². The van der Waals surface area contributed by atoms with E-state index in [9.17, 15) is 10.1 Å². The summed E-state index contributed by atoms with van der Waals surface area (Å²) in [4.78, 5) is 20.5. The second kappa shape index (κ2) is 10.2. The maximum absolute atomic E-state index is 11.9. The molecule has 7 heteroatoms.